The SMILES string of the molecule is CC(=O)NCc1ccc(C(=O)NC[C@@H](C(C)C)N2CCCCCC2)o1. The van der Waals surface area contributed by atoms with Gasteiger partial charge in [-0.15, -0.1) is 0 Å². The van der Waals surface area contributed by atoms with Crippen LogP contribution in [0.4, 0.5) is 0 Å². The molecule has 0 radical (unpaired) electrons. The van der Waals surface area contributed by atoms with Crippen LogP contribution < -0.4 is 10.6 Å². The first-order valence-electron chi connectivity index (χ1n) is 9.32. The molecule has 0 unspecified atom stereocenters. The van der Waals surface area contributed by atoms with E-state index < -0.39 is 0 Å². The largest absolute Gasteiger partial charge is 0.454 e. The molecule has 1 saturated heterocycles. The number of rotatable bonds is 7. The molecular weight excluding hydrogens is 318 g/mol. The highest BCUT2D eigenvalue weighted by molar-refractivity contribution is 5.91. The van der Waals surface area contributed by atoms with Crippen LogP contribution in [0.25, 0.3) is 0 Å². The molecule has 6 heteroatoms. The van der Waals surface area contributed by atoms with Crippen LogP contribution in [0, 0.1) is 5.92 Å². The predicted octanol–water partition coefficient (Wildman–Crippen LogP) is 2.55. The number of hydrogen-bond donors (Lipinski definition) is 2. The molecule has 0 aromatic carbocycles. The van der Waals surface area contributed by atoms with Crippen molar-refractivity contribution in [3.8, 4) is 0 Å². The van der Waals surface area contributed by atoms with Crippen molar-refractivity contribution in [1.82, 2.24) is 15.5 Å². The van der Waals surface area contributed by atoms with E-state index in [1.807, 2.05) is 0 Å². The molecule has 140 valence electrons. The van der Waals surface area contributed by atoms with Crippen molar-refractivity contribution in [3.63, 3.8) is 0 Å². The third-order valence-corrected chi connectivity index (χ3v) is 4.75. The highest BCUT2D eigenvalue weighted by Gasteiger charge is 2.24. The monoisotopic (exact) mass is 349 g/mol. The molecule has 0 aliphatic carbocycles. The fourth-order valence-electron chi connectivity index (χ4n) is 3.30. The molecule has 1 atom stereocenters. The topological polar surface area (TPSA) is 74.6 Å². The molecule has 2 N–H and O–H groups in total. The number of nitrogens with zero attached hydrogens (tertiary/aromatic N) is 1. The lowest BCUT2D eigenvalue weighted by Gasteiger charge is -2.33. The van der Waals surface area contributed by atoms with E-state index >= 15 is 0 Å². The van der Waals surface area contributed by atoms with Gasteiger partial charge < -0.3 is 15.1 Å². The molecule has 1 fully saturated rings. The van der Waals surface area contributed by atoms with Crippen molar-refractivity contribution in [3.05, 3.63) is 23.7 Å². The van der Waals surface area contributed by atoms with Crippen LogP contribution in [0.2, 0.25) is 0 Å². The van der Waals surface area contributed by atoms with Crippen molar-refractivity contribution >= 4 is 11.8 Å². The summed E-state index contributed by atoms with van der Waals surface area (Å²) >= 11 is 0. The zero-order chi connectivity index (χ0) is 18.2. The summed E-state index contributed by atoms with van der Waals surface area (Å²) < 4.78 is 5.51. The Balaban J connectivity index is 1.88. The fourth-order valence-corrected chi connectivity index (χ4v) is 3.30. The van der Waals surface area contributed by atoms with Gasteiger partial charge in [-0.25, -0.2) is 0 Å². The Labute approximate surface area is 150 Å². The minimum Gasteiger partial charge on any atom is -0.454 e. The number of hydrogen-bond acceptors (Lipinski definition) is 4. The molecular formula is C19H31N3O3. The number of carbonyl (C=O) groups excluding carboxylic acids is 2. The Morgan fingerprint density at radius 3 is 2.40 bits per heavy atom. The number of likely N-dealkylation sites (tertiary alicyclic amines) is 1. The van der Waals surface area contributed by atoms with E-state index in [0.29, 0.717) is 36.6 Å². The van der Waals surface area contributed by atoms with Gasteiger partial charge in [0.05, 0.1) is 6.54 Å². The minimum absolute atomic E-state index is 0.125. The summed E-state index contributed by atoms with van der Waals surface area (Å²) in [6, 6.07) is 3.72. The maximum atomic E-state index is 12.4. The molecule has 2 rings (SSSR count). The van der Waals surface area contributed by atoms with Crippen LogP contribution in [-0.2, 0) is 11.3 Å². The average molecular weight is 349 g/mol. The van der Waals surface area contributed by atoms with Crippen molar-refractivity contribution in [2.45, 2.75) is 59.0 Å². The maximum absolute atomic E-state index is 12.4. The lowest BCUT2D eigenvalue weighted by atomic mass is 10.0. The first kappa shape index (κ1) is 19.5. The second-order valence-electron chi connectivity index (χ2n) is 7.15. The number of amides is 2. The van der Waals surface area contributed by atoms with Crippen molar-refractivity contribution in [2.24, 2.45) is 5.92 Å². The normalized spacial score (nSPS) is 17.1. The summed E-state index contributed by atoms with van der Waals surface area (Å²) in [5.41, 5.74) is 0. The van der Waals surface area contributed by atoms with Crippen molar-refractivity contribution in [2.75, 3.05) is 19.6 Å². The minimum atomic E-state index is -0.199. The van der Waals surface area contributed by atoms with Crippen LogP contribution in [0.15, 0.2) is 16.5 Å². The van der Waals surface area contributed by atoms with E-state index in [9.17, 15) is 9.59 Å². The van der Waals surface area contributed by atoms with E-state index in [1.54, 1.807) is 12.1 Å². The van der Waals surface area contributed by atoms with E-state index in [-0.39, 0.29) is 11.8 Å². The van der Waals surface area contributed by atoms with E-state index in [1.165, 1.54) is 32.6 Å². The molecule has 0 saturated carbocycles. The van der Waals surface area contributed by atoms with Gasteiger partial charge >= 0.3 is 0 Å². The highest BCUT2D eigenvalue weighted by Crippen LogP contribution is 2.17. The zero-order valence-corrected chi connectivity index (χ0v) is 15.6. The van der Waals surface area contributed by atoms with E-state index in [2.05, 4.69) is 29.4 Å². The second kappa shape index (κ2) is 9.61. The number of furan rings is 1. The van der Waals surface area contributed by atoms with Crippen molar-refractivity contribution < 1.29 is 14.0 Å². The highest BCUT2D eigenvalue weighted by atomic mass is 16.4. The lowest BCUT2D eigenvalue weighted by Crippen LogP contribution is -2.47. The summed E-state index contributed by atoms with van der Waals surface area (Å²) in [4.78, 5) is 25.8. The van der Waals surface area contributed by atoms with E-state index in [4.69, 9.17) is 4.42 Å². The molecule has 2 amide bonds. The van der Waals surface area contributed by atoms with Gasteiger partial charge in [0.15, 0.2) is 5.76 Å². The van der Waals surface area contributed by atoms with Gasteiger partial charge in [-0.1, -0.05) is 26.7 Å². The van der Waals surface area contributed by atoms with Gasteiger partial charge in [0.2, 0.25) is 5.91 Å². The first-order chi connectivity index (χ1) is 12.0. The maximum Gasteiger partial charge on any atom is 0.287 e. The smallest absolute Gasteiger partial charge is 0.287 e. The standard InChI is InChI=1S/C19H31N3O3/c1-14(2)17(22-10-6-4-5-7-11-22)13-21-19(24)18-9-8-16(25-18)12-20-15(3)23/h8-9,14,17H,4-7,10-13H2,1-3H3,(H,20,23)(H,21,24)/t17-/m0/s1. The lowest BCUT2D eigenvalue weighted by molar-refractivity contribution is -0.119. The Hall–Kier alpha value is -1.82. The molecule has 1 aromatic heterocycles. The molecule has 6 nitrogen and oxygen atoms in total. The summed E-state index contributed by atoms with van der Waals surface area (Å²) in [6.07, 6.45) is 5.08. The van der Waals surface area contributed by atoms with Gasteiger partial charge in [0.1, 0.15) is 5.76 Å². The molecule has 0 bridgehead atoms. The summed E-state index contributed by atoms with van der Waals surface area (Å²) in [6.45, 7) is 9.01. The Kier molecular flexibility index (Phi) is 7.50. The van der Waals surface area contributed by atoms with Crippen molar-refractivity contribution in [1.29, 1.82) is 0 Å². The molecule has 25 heavy (non-hydrogen) atoms. The van der Waals surface area contributed by atoms with Gasteiger partial charge in [-0.05, 0) is 44.0 Å². The van der Waals surface area contributed by atoms with E-state index in [0.717, 1.165) is 13.1 Å². The zero-order valence-electron chi connectivity index (χ0n) is 15.6. The third kappa shape index (κ3) is 6.20. The van der Waals surface area contributed by atoms with Crippen LogP contribution >= 0.6 is 0 Å². The average Bonchev–Trinajstić information content (AvgIpc) is 2.88. The van der Waals surface area contributed by atoms with Crippen LogP contribution in [0.3, 0.4) is 0 Å². The Morgan fingerprint density at radius 2 is 1.80 bits per heavy atom. The predicted molar refractivity (Wildman–Crippen MR) is 97.2 cm³/mol. The second-order valence-corrected chi connectivity index (χ2v) is 7.15. The molecule has 1 aliphatic heterocycles. The number of nitrogens with one attached hydrogen (secondary N) is 2. The Morgan fingerprint density at radius 1 is 1.12 bits per heavy atom. The van der Waals surface area contributed by atoms with Crippen LogP contribution in [0.5, 0.6) is 0 Å². The number of carbonyl (C=O) groups is 2. The van der Waals surface area contributed by atoms with Gasteiger partial charge in [-0.3, -0.25) is 14.5 Å². The van der Waals surface area contributed by atoms with Gasteiger partial charge in [0, 0.05) is 19.5 Å². The molecule has 2 heterocycles. The first-order valence-corrected chi connectivity index (χ1v) is 9.32. The summed E-state index contributed by atoms with van der Waals surface area (Å²) in [7, 11) is 0. The van der Waals surface area contributed by atoms with Crippen LogP contribution in [0.1, 0.15) is 62.8 Å². The third-order valence-electron chi connectivity index (χ3n) is 4.75. The fraction of sp³-hybridized carbons (Fsp3) is 0.684. The van der Waals surface area contributed by atoms with Crippen LogP contribution in [-0.4, -0.2) is 42.4 Å². The molecule has 1 aromatic rings. The van der Waals surface area contributed by atoms with Gasteiger partial charge in [-0.2, -0.15) is 0 Å². The Bertz CT molecular complexity index is 560. The summed E-state index contributed by atoms with van der Waals surface area (Å²) in [5.74, 6) is 1.02. The molecule has 0 spiro atoms. The van der Waals surface area contributed by atoms with Gasteiger partial charge in [0.25, 0.3) is 5.91 Å². The summed E-state index contributed by atoms with van der Waals surface area (Å²) in [5, 5.41) is 5.67. The molecule has 1 aliphatic rings. The quantitative estimate of drug-likeness (QED) is 0.793.